The van der Waals surface area contributed by atoms with Crippen LogP contribution in [0.25, 0.3) is 0 Å². The van der Waals surface area contributed by atoms with Crippen LogP contribution in [0.4, 0.5) is 5.69 Å². The summed E-state index contributed by atoms with van der Waals surface area (Å²) in [5.74, 6) is 1.61. The van der Waals surface area contributed by atoms with Crippen molar-refractivity contribution in [3.63, 3.8) is 0 Å². The number of rotatable bonds is 6. The number of aliphatic hydroxyl groups is 1. The summed E-state index contributed by atoms with van der Waals surface area (Å²) in [7, 11) is 0. The fraction of sp³-hybridized carbons (Fsp3) is 0.588. The first-order valence-corrected chi connectivity index (χ1v) is 7.64. The molecule has 0 radical (unpaired) electrons. The molecule has 1 aromatic rings. The van der Waals surface area contributed by atoms with E-state index in [0.717, 1.165) is 36.2 Å². The van der Waals surface area contributed by atoms with Crippen molar-refractivity contribution in [1.29, 1.82) is 5.26 Å². The third-order valence-electron chi connectivity index (χ3n) is 4.30. The molecule has 1 aromatic carbocycles. The molecule has 0 aliphatic heterocycles. The molecule has 1 atom stereocenters. The van der Waals surface area contributed by atoms with Crippen molar-refractivity contribution in [2.75, 3.05) is 18.0 Å². The van der Waals surface area contributed by atoms with Crippen molar-refractivity contribution in [1.82, 2.24) is 0 Å². The van der Waals surface area contributed by atoms with Crippen LogP contribution >= 0.6 is 0 Å². The Morgan fingerprint density at radius 3 is 2.30 bits per heavy atom. The first-order valence-electron chi connectivity index (χ1n) is 7.64. The molecule has 2 aliphatic carbocycles. The Morgan fingerprint density at radius 1 is 1.25 bits per heavy atom. The van der Waals surface area contributed by atoms with Gasteiger partial charge in [-0.05, 0) is 56.6 Å². The van der Waals surface area contributed by atoms with E-state index in [1.165, 1.54) is 25.7 Å². The molecule has 0 amide bonds. The van der Waals surface area contributed by atoms with E-state index in [1.807, 2.05) is 12.1 Å². The molecule has 3 rings (SSSR count). The van der Waals surface area contributed by atoms with E-state index in [2.05, 4.69) is 11.0 Å². The topological polar surface area (TPSA) is 47.3 Å². The Kier molecular flexibility index (Phi) is 3.67. The molecular formula is C17H22N2O. The molecule has 2 saturated carbocycles. The lowest BCUT2D eigenvalue weighted by atomic mass is 10.0. The molecule has 0 spiro atoms. The summed E-state index contributed by atoms with van der Waals surface area (Å²) in [5, 5.41) is 19.1. The van der Waals surface area contributed by atoms with Crippen LogP contribution in [-0.2, 0) is 0 Å². The molecule has 1 unspecified atom stereocenters. The molecule has 2 aliphatic rings. The van der Waals surface area contributed by atoms with Gasteiger partial charge in [-0.25, -0.2) is 0 Å². The van der Waals surface area contributed by atoms with Gasteiger partial charge in [0.05, 0.1) is 17.7 Å². The van der Waals surface area contributed by atoms with Crippen molar-refractivity contribution >= 4 is 5.69 Å². The zero-order valence-electron chi connectivity index (χ0n) is 12.0. The molecule has 3 nitrogen and oxygen atoms in total. The van der Waals surface area contributed by atoms with Crippen molar-refractivity contribution < 1.29 is 5.11 Å². The lowest BCUT2D eigenvalue weighted by molar-refractivity contribution is 0.199. The van der Waals surface area contributed by atoms with Gasteiger partial charge in [-0.1, -0.05) is 6.07 Å². The number of anilines is 1. The summed E-state index contributed by atoms with van der Waals surface area (Å²) >= 11 is 0. The highest BCUT2D eigenvalue weighted by atomic mass is 16.3. The van der Waals surface area contributed by atoms with Crippen LogP contribution in [0.2, 0.25) is 0 Å². The summed E-state index contributed by atoms with van der Waals surface area (Å²) < 4.78 is 0. The van der Waals surface area contributed by atoms with Gasteiger partial charge in [-0.3, -0.25) is 0 Å². The van der Waals surface area contributed by atoms with E-state index >= 15 is 0 Å². The van der Waals surface area contributed by atoms with Crippen LogP contribution in [-0.4, -0.2) is 18.2 Å². The van der Waals surface area contributed by atoms with Crippen LogP contribution in [0.3, 0.4) is 0 Å². The normalized spacial score (nSPS) is 19.4. The molecule has 0 aromatic heterocycles. The van der Waals surface area contributed by atoms with Crippen LogP contribution in [0.5, 0.6) is 0 Å². The SMILES string of the molecule is CC(O)c1ccc(C#N)cc1N(CC1CC1)CC1CC1. The Bertz CT molecular complexity index is 510. The summed E-state index contributed by atoms with van der Waals surface area (Å²) in [4.78, 5) is 2.41. The highest BCUT2D eigenvalue weighted by molar-refractivity contribution is 5.58. The highest BCUT2D eigenvalue weighted by Gasteiger charge is 2.30. The number of nitrogens with zero attached hydrogens (tertiary/aromatic N) is 2. The second-order valence-corrected chi connectivity index (χ2v) is 6.35. The highest BCUT2D eigenvalue weighted by Crippen LogP contribution is 2.38. The maximum Gasteiger partial charge on any atom is 0.0992 e. The molecular weight excluding hydrogens is 248 g/mol. The predicted molar refractivity (Wildman–Crippen MR) is 79.5 cm³/mol. The minimum Gasteiger partial charge on any atom is -0.389 e. The lowest BCUT2D eigenvalue weighted by Crippen LogP contribution is -2.29. The minimum absolute atomic E-state index is 0.487. The first-order chi connectivity index (χ1) is 9.67. The van der Waals surface area contributed by atoms with E-state index in [9.17, 15) is 5.11 Å². The largest absolute Gasteiger partial charge is 0.389 e. The van der Waals surface area contributed by atoms with E-state index < -0.39 is 6.10 Å². The van der Waals surface area contributed by atoms with E-state index in [4.69, 9.17) is 5.26 Å². The number of hydrogen-bond acceptors (Lipinski definition) is 3. The van der Waals surface area contributed by atoms with E-state index in [0.29, 0.717) is 5.56 Å². The quantitative estimate of drug-likeness (QED) is 0.863. The number of nitriles is 1. The van der Waals surface area contributed by atoms with Crippen LogP contribution in [0, 0.1) is 23.2 Å². The molecule has 106 valence electrons. The van der Waals surface area contributed by atoms with Crippen molar-refractivity contribution in [3.05, 3.63) is 29.3 Å². The van der Waals surface area contributed by atoms with Gasteiger partial charge >= 0.3 is 0 Å². The third kappa shape index (κ3) is 3.13. The van der Waals surface area contributed by atoms with Crippen molar-refractivity contribution in [2.24, 2.45) is 11.8 Å². The Labute approximate surface area is 120 Å². The number of benzene rings is 1. The number of aliphatic hydroxyl groups excluding tert-OH is 1. The summed E-state index contributed by atoms with van der Waals surface area (Å²) in [6.07, 6.45) is 4.80. The Balaban J connectivity index is 1.91. The van der Waals surface area contributed by atoms with Gasteiger partial charge in [0.15, 0.2) is 0 Å². The smallest absolute Gasteiger partial charge is 0.0992 e. The van der Waals surface area contributed by atoms with Gasteiger partial charge < -0.3 is 10.0 Å². The van der Waals surface area contributed by atoms with Gasteiger partial charge in [0.2, 0.25) is 0 Å². The fourth-order valence-electron chi connectivity index (χ4n) is 2.74. The zero-order chi connectivity index (χ0) is 14.1. The maximum atomic E-state index is 10.0. The molecule has 20 heavy (non-hydrogen) atoms. The average Bonchev–Trinajstić information content (AvgIpc) is 3.32. The standard InChI is InChI=1S/C17H22N2O/c1-12(20)16-7-6-15(9-18)8-17(16)19(10-13-2-3-13)11-14-4-5-14/h6-8,12-14,20H,2-5,10-11H2,1H3. The minimum atomic E-state index is -0.487. The zero-order valence-corrected chi connectivity index (χ0v) is 12.0. The average molecular weight is 270 g/mol. The molecule has 1 N–H and O–H groups in total. The fourth-order valence-corrected chi connectivity index (χ4v) is 2.74. The summed E-state index contributed by atoms with van der Waals surface area (Å²) in [5.41, 5.74) is 2.70. The van der Waals surface area contributed by atoms with Gasteiger partial charge in [-0.15, -0.1) is 0 Å². The molecule has 3 heteroatoms. The molecule has 0 saturated heterocycles. The summed E-state index contributed by atoms with van der Waals surface area (Å²) in [6.45, 7) is 3.95. The van der Waals surface area contributed by atoms with Crippen LogP contribution in [0.1, 0.15) is 49.8 Å². The first kappa shape index (κ1) is 13.5. The second kappa shape index (κ2) is 5.46. The van der Waals surface area contributed by atoms with Gasteiger partial charge in [0, 0.05) is 24.3 Å². The Hall–Kier alpha value is -1.53. The second-order valence-electron chi connectivity index (χ2n) is 6.35. The van der Waals surface area contributed by atoms with Gasteiger partial charge in [-0.2, -0.15) is 5.26 Å². The van der Waals surface area contributed by atoms with Crippen LogP contribution < -0.4 is 4.90 Å². The third-order valence-corrected chi connectivity index (χ3v) is 4.30. The Morgan fingerprint density at radius 2 is 1.85 bits per heavy atom. The van der Waals surface area contributed by atoms with Gasteiger partial charge in [0.25, 0.3) is 0 Å². The van der Waals surface area contributed by atoms with Crippen molar-refractivity contribution in [3.8, 4) is 6.07 Å². The van der Waals surface area contributed by atoms with E-state index in [1.54, 1.807) is 13.0 Å². The summed E-state index contributed by atoms with van der Waals surface area (Å²) in [6, 6.07) is 7.88. The predicted octanol–water partition coefficient (Wildman–Crippen LogP) is 3.24. The molecule has 0 bridgehead atoms. The molecule has 2 fully saturated rings. The van der Waals surface area contributed by atoms with Crippen LogP contribution in [0.15, 0.2) is 18.2 Å². The number of hydrogen-bond donors (Lipinski definition) is 1. The van der Waals surface area contributed by atoms with Crippen molar-refractivity contribution in [2.45, 2.75) is 38.7 Å². The molecule has 0 heterocycles. The monoisotopic (exact) mass is 270 g/mol. The van der Waals surface area contributed by atoms with E-state index in [-0.39, 0.29) is 0 Å². The van der Waals surface area contributed by atoms with Gasteiger partial charge in [0.1, 0.15) is 0 Å². The maximum absolute atomic E-state index is 10.0. The lowest BCUT2D eigenvalue weighted by Gasteiger charge is -2.28.